The number of aromatic nitrogens is 1. The van der Waals surface area contributed by atoms with Crippen molar-refractivity contribution in [2.75, 3.05) is 0 Å². The molecule has 0 unspecified atom stereocenters. The van der Waals surface area contributed by atoms with Gasteiger partial charge in [0, 0.05) is 29.3 Å². The summed E-state index contributed by atoms with van der Waals surface area (Å²) in [4.78, 5) is 35.1. The average molecular weight is 528 g/mol. The maximum absolute atomic E-state index is 14.6. The minimum Gasteiger partial charge on any atom is -0.471 e. The third-order valence-corrected chi connectivity index (χ3v) is 7.72. The Morgan fingerprint density at radius 3 is 2.30 bits per heavy atom. The molecular formula is C32H21N3O5. The molecule has 0 amide bonds. The molecule has 194 valence electrons. The number of hydrogen-bond donors (Lipinski definition) is 1. The van der Waals surface area contributed by atoms with E-state index in [4.69, 9.17) is 9.73 Å². The first-order valence-corrected chi connectivity index (χ1v) is 12.7. The summed E-state index contributed by atoms with van der Waals surface area (Å²) in [6.07, 6.45) is 1.64. The van der Waals surface area contributed by atoms with Crippen molar-refractivity contribution in [2.24, 2.45) is 4.99 Å². The number of nitro benzene ring substituents is 1. The van der Waals surface area contributed by atoms with Gasteiger partial charge in [0.1, 0.15) is 11.5 Å². The summed E-state index contributed by atoms with van der Waals surface area (Å²) in [6.45, 7) is 0. The van der Waals surface area contributed by atoms with E-state index in [1.54, 1.807) is 66.9 Å². The van der Waals surface area contributed by atoms with Crippen LogP contribution < -0.4 is 4.74 Å². The summed E-state index contributed by atoms with van der Waals surface area (Å²) in [5.74, 6) is -1.10. The molecule has 0 saturated carbocycles. The SMILES string of the molecule is O=C1c2ccccc2O[C@]12C(c1nccc3ccccc13)=N[C@](O)(c1ccccc1)[C@H]2c1ccc([N+](=O)[O-])cc1. The number of carbonyl (C=O) groups excluding carboxylic acids is 1. The topological polar surface area (TPSA) is 115 Å². The van der Waals surface area contributed by atoms with Gasteiger partial charge in [-0.3, -0.25) is 19.9 Å². The molecule has 40 heavy (non-hydrogen) atoms. The third-order valence-electron chi connectivity index (χ3n) is 7.72. The van der Waals surface area contributed by atoms with Crippen LogP contribution in [0.25, 0.3) is 10.8 Å². The molecule has 8 nitrogen and oxygen atoms in total. The first-order chi connectivity index (χ1) is 19.4. The van der Waals surface area contributed by atoms with Crippen LogP contribution in [0.5, 0.6) is 5.75 Å². The number of pyridine rings is 1. The Bertz CT molecular complexity index is 1850. The molecular weight excluding hydrogens is 506 g/mol. The van der Waals surface area contributed by atoms with E-state index in [2.05, 4.69) is 4.98 Å². The molecule has 0 fully saturated rings. The zero-order valence-electron chi connectivity index (χ0n) is 21.0. The van der Waals surface area contributed by atoms with Gasteiger partial charge >= 0.3 is 0 Å². The molecule has 8 heteroatoms. The molecule has 2 aliphatic heterocycles. The minimum absolute atomic E-state index is 0.113. The first kappa shape index (κ1) is 23.9. The van der Waals surface area contributed by atoms with Crippen molar-refractivity contribution in [2.45, 2.75) is 17.2 Å². The number of hydrogen-bond acceptors (Lipinski definition) is 7. The predicted octanol–water partition coefficient (Wildman–Crippen LogP) is 5.59. The molecule has 3 heterocycles. The molecule has 7 rings (SSSR count). The van der Waals surface area contributed by atoms with E-state index < -0.39 is 22.2 Å². The quantitative estimate of drug-likeness (QED) is 0.241. The Labute approximate surface area is 228 Å². The van der Waals surface area contributed by atoms with Crippen LogP contribution in [0.1, 0.15) is 33.1 Å². The number of rotatable bonds is 4. The molecule has 0 aliphatic carbocycles. The largest absolute Gasteiger partial charge is 0.471 e. The Morgan fingerprint density at radius 1 is 0.850 bits per heavy atom. The third kappa shape index (κ3) is 3.26. The number of non-ortho nitro benzene ring substituents is 1. The molecule has 0 saturated heterocycles. The van der Waals surface area contributed by atoms with Gasteiger partial charge in [-0.15, -0.1) is 0 Å². The van der Waals surface area contributed by atoms with Crippen molar-refractivity contribution in [3.05, 3.63) is 148 Å². The molecule has 4 aromatic carbocycles. The van der Waals surface area contributed by atoms with E-state index in [-0.39, 0.29) is 17.2 Å². The van der Waals surface area contributed by atoms with Crippen molar-refractivity contribution < 1.29 is 19.6 Å². The number of aliphatic imine (C=N–C) groups is 1. The smallest absolute Gasteiger partial charge is 0.269 e. The van der Waals surface area contributed by atoms with E-state index >= 15 is 0 Å². The Morgan fingerprint density at radius 2 is 1.55 bits per heavy atom. The lowest BCUT2D eigenvalue weighted by Gasteiger charge is -2.36. The van der Waals surface area contributed by atoms with Crippen LogP contribution in [0, 0.1) is 10.1 Å². The van der Waals surface area contributed by atoms with Gasteiger partial charge in [-0.05, 0) is 29.1 Å². The van der Waals surface area contributed by atoms with E-state index in [1.165, 1.54) is 12.1 Å². The summed E-state index contributed by atoms with van der Waals surface area (Å²) in [5.41, 5.74) is -2.02. The zero-order chi connectivity index (χ0) is 27.5. The fraction of sp³-hybridized carbons (Fsp3) is 0.0938. The van der Waals surface area contributed by atoms with Gasteiger partial charge in [0.15, 0.2) is 5.72 Å². The van der Waals surface area contributed by atoms with Crippen LogP contribution in [0.15, 0.2) is 120 Å². The second kappa shape index (κ2) is 8.65. The highest BCUT2D eigenvalue weighted by Gasteiger charge is 2.69. The lowest BCUT2D eigenvalue weighted by molar-refractivity contribution is -0.384. The van der Waals surface area contributed by atoms with Crippen LogP contribution in [0.2, 0.25) is 0 Å². The molecule has 2 aliphatic rings. The predicted molar refractivity (Wildman–Crippen MR) is 149 cm³/mol. The van der Waals surface area contributed by atoms with E-state index in [1.807, 2.05) is 36.4 Å². The van der Waals surface area contributed by atoms with Gasteiger partial charge in [-0.1, -0.05) is 78.9 Å². The number of ether oxygens (including phenoxy) is 1. The first-order valence-electron chi connectivity index (χ1n) is 12.7. The van der Waals surface area contributed by atoms with Crippen molar-refractivity contribution >= 4 is 28.0 Å². The molecule has 1 spiro atoms. The Hall–Kier alpha value is -5.21. The number of ketones is 1. The second-order valence-electron chi connectivity index (χ2n) is 9.88. The Kier molecular flexibility index (Phi) is 5.17. The van der Waals surface area contributed by atoms with Gasteiger partial charge in [-0.25, -0.2) is 4.99 Å². The fourth-order valence-corrected chi connectivity index (χ4v) is 5.95. The Balaban J connectivity index is 1.57. The number of fused-ring (bicyclic) bond motifs is 2. The number of nitro groups is 1. The van der Waals surface area contributed by atoms with E-state index in [0.29, 0.717) is 28.1 Å². The van der Waals surface area contributed by atoms with Crippen LogP contribution in [-0.2, 0) is 5.72 Å². The molecule has 3 atom stereocenters. The number of Topliss-reactive ketones (excluding diaryl/α,β-unsaturated/α-hetero) is 1. The van der Waals surface area contributed by atoms with Crippen LogP contribution >= 0.6 is 0 Å². The van der Waals surface area contributed by atoms with Gasteiger partial charge in [0.25, 0.3) is 5.69 Å². The van der Waals surface area contributed by atoms with E-state index in [9.17, 15) is 20.0 Å². The van der Waals surface area contributed by atoms with Gasteiger partial charge in [0.05, 0.1) is 22.1 Å². The highest BCUT2D eigenvalue weighted by molar-refractivity contribution is 6.31. The van der Waals surface area contributed by atoms with Crippen molar-refractivity contribution in [3.8, 4) is 5.75 Å². The monoisotopic (exact) mass is 527 g/mol. The molecule has 0 bridgehead atoms. The summed E-state index contributed by atoms with van der Waals surface area (Å²) in [5, 5.41) is 25.7. The standard InChI is InChI=1S/C32H21N3O5/c36-30-25-12-6-7-13-26(25)40-31(30)28(21-14-16-23(17-15-21)35(38)39)32(37,22-9-2-1-3-10-22)34-29(31)27-24-11-5-4-8-20(24)18-19-33-27/h1-19,28,37H/t28-,31+,32-/m0/s1. The highest BCUT2D eigenvalue weighted by atomic mass is 16.6. The lowest BCUT2D eigenvalue weighted by atomic mass is 9.70. The van der Waals surface area contributed by atoms with Gasteiger partial charge in [0.2, 0.25) is 11.4 Å². The summed E-state index contributed by atoms with van der Waals surface area (Å²) in [7, 11) is 0. The lowest BCUT2D eigenvalue weighted by Crippen LogP contribution is -2.54. The maximum atomic E-state index is 14.6. The molecule has 1 aromatic heterocycles. The highest BCUT2D eigenvalue weighted by Crippen LogP contribution is 2.57. The maximum Gasteiger partial charge on any atom is 0.269 e. The van der Waals surface area contributed by atoms with Crippen LogP contribution in [0.3, 0.4) is 0 Å². The van der Waals surface area contributed by atoms with Crippen molar-refractivity contribution in [1.82, 2.24) is 4.98 Å². The van der Waals surface area contributed by atoms with Crippen LogP contribution in [0.4, 0.5) is 5.69 Å². The average Bonchev–Trinajstić information content (AvgIpc) is 3.44. The fourth-order valence-electron chi connectivity index (χ4n) is 5.95. The van der Waals surface area contributed by atoms with Gasteiger partial charge in [-0.2, -0.15) is 0 Å². The number of benzene rings is 4. The number of nitrogens with zero attached hydrogens (tertiary/aromatic N) is 3. The molecule has 1 N–H and O–H groups in total. The molecule has 0 radical (unpaired) electrons. The van der Waals surface area contributed by atoms with Crippen molar-refractivity contribution in [3.63, 3.8) is 0 Å². The van der Waals surface area contributed by atoms with Crippen LogP contribution in [-0.4, -0.2) is 32.1 Å². The minimum atomic E-state index is -1.97. The molecule has 5 aromatic rings. The summed E-state index contributed by atoms with van der Waals surface area (Å²) < 4.78 is 6.63. The second-order valence-corrected chi connectivity index (χ2v) is 9.88. The number of aliphatic hydroxyl groups is 1. The van der Waals surface area contributed by atoms with Gasteiger partial charge < -0.3 is 9.84 Å². The zero-order valence-corrected chi connectivity index (χ0v) is 21.0. The summed E-state index contributed by atoms with van der Waals surface area (Å²) >= 11 is 0. The summed E-state index contributed by atoms with van der Waals surface area (Å²) in [6, 6.07) is 31.1. The number of para-hydroxylation sites is 1. The normalized spacial score (nSPS) is 23.2. The number of carbonyl (C=O) groups is 1. The van der Waals surface area contributed by atoms with E-state index in [0.717, 1.165) is 10.8 Å². The van der Waals surface area contributed by atoms with Crippen molar-refractivity contribution in [1.29, 1.82) is 0 Å².